The fourth-order valence-corrected chi connectivity index (χ4v) is 3.40. The number of ether oxygens (including phenoxy) is 2. The van der Waals surface area contributed by atoms with Gasteiger partial charge in [-0.1, -0.05) is 17.7 Å². The molecule has 1 aliphatic rings. The van der Waals surface area contributed by atoms with Gasteiger partial charge in [-0.25, -0.2) is 8.78 Å². The number of anilines is 1. The predicted molar refractivity (Wildman–Crippen MR) is 106 cm³/mol. The number of hydrogen-bond acceptors (Lipinski definition) is 4. The van der Waals surface area contributed by atoms with Gasteiger partial charge in [0.1, 0.15) is 23.5 Å². The maximum Gasteiger partial charge on any atom is 0.305 e. The number of allylic oxidation sites excluding steroid dienone is 1. The summed E-state index contributed by atoms with van der Waals surface area (Å²) >= 11 is 6.08. The zero-order valence-electron chi connectivity index (χ0n) is 15.5. The molecule has 2 aromatic carbocycles. The molecule has 1 aliphatic heterocycles. The number of halogens is 3. The zero-order chi connectivity index (χ0) is 20.3. The van der Waals surface area contributed by atoms with Gasteiger partial charge >= 0.3 is 5.97 Å². The number of benzene rings is 2. The molecule has 4 nitrogen and oxygen atoms in total. The lowest BCUT2D eigenvalue weighted by Gasteiger charge is -2.27. The van der Waals surface area contributed by atoms with Crippen LogP contribution >= 0.6 is 11.6 Å². The molecular weight excluding hydrogens is 388 g/mol. The molecule has 0 bridgehead atoms. The molecule has 0 amide bonds. The van der Waals surface area contributed by atoms with Crippen molar-refractivity contribution >= 4 is 34.9 Å². The van der Waals surface area contributed by atoms with Crippen LogP contribution in [-0.4, -0.2) is 25.7 Å². The van der Waals surface area contributed by atoms with Crippen molar-refractivity contribution in [1.82, 2.24) is 0 Å². The number of hydrogen-bond donors (Lipinski definition) is 1. The first-order chi connectivity index (χ1) is 13.4. The van der Waals surface area contributed by atoms with E-state index in [9.17, 15) is 13.6 Å². The summed E-state index contributed by atoms with van der Waals surface area (Å²) in [5.74, 6) is -0.906. The molecule has 1 atom stereocenters. The highest BCUT2D eigenvalue weighted by atomic mass is 35.5. The number of carbonyl (C=O) groups excluding carboxylic acids is 1. The van der Waals surface area contributed by atoms with E-state index in [0.29, 0.717) is 35.5 Å². The molecular formula is C21H20ClF2NO3. The monoisotopic (exact) mass is 407 g/mol. The van der Waals surface area contributed by atoms with E-state index in [-0.39, 0.29) is 29.1 Å². The Labute approximate surface area is 167 Å². The maximum absolute atomic E-state index is 14.6. The highest BCUT2D eigenvalue weighted by molar-refractivity contribution is 6.32. The van der Waals surface area contributed by atoms with Gasteiger partial charge in [-0.3, -0.25) is 4.79 Å². The fourth-order valence-electron chi connectivity index (χ4n) is 3.08. The van der Waals surface area contributed by atoms with Gasteiger partial charge in [0.15, 0.2) is 0 Å². The van der Waals surface area contributed by atoms with Crippen LogP contribution in [0.1, 0.15) is 30.9 Å². The molecule has 0 saturated heterocycles. The molecule has 0 aliphatic carbocycles. The number of methoxy groups -OCH3 is 1. The van der Waals surface area contributed by atoms with Crippen LogP contribution in [0.25, 0.3) is 11.6 Å². The minimum atomic E-state index is -0.499. The van der Waals surface area contributed by atoms with E-state index >= 15 is 0 Å². The third-order valence-corrected chi connectivity index (χ3v) is 4.85. The van der Waals surface area contributed by atoms with E-state index in [4.69, 9.17) is 16.3 Å². The second-order valence-electron chi connectivity index (χ2n) is 6.53. The van der Waals surface area contributed by atoms with Crippen LogP contribution in [0.5, 0.6) is 5.75 Å². The summed E-state index contributed by atoms with van der Waals surface area (Å²) in [6.45, 7) is 2.16. The number of fused-ring (bicyclic) bond motifs is 1. The van der Waals surface area contributed by atoms with Gasteiger partial charge in [0.25, 0.3) is 0 Å². The molecule has 148 valence electrons. The summed E-state index contributed by atoms with van der Waals surface area (Å²) in [6, 6.07) is 7.32. The summed E-state index contributed by atoms with van der Waals surface area (Å²) in [5.41, 5.74) is 1.68. The van der Waals surface area contributed by atoms with Crippen molar-refractivity contribution < 1.29 is 23.0 Å². The van der Waals surface area contributed by atoms with Crippen molar-refractivity contribution in [2.24, 2.45) is 0 Å². The van der Waals surface area contributed by atoms with Crippen LogP contribution in [0.4, 0.5) is 14.5 Å². The van der Waals surface area contributed by atoms with Crippen molar-refractivity contribution in [1.29, 1.82) is 0 Å². The lowest BCUT2D eigenvalue weighted by molar-refractivity contribution is -0.141. The van der Waals surface area contributed by atoms with Crippen LogP contribution in [-0.2, 0) is 9.53 Å². The van der Waals surface area contributed by atoms with Crippen LogP contribution in [0, 0.1) is 11.6 Å². The Hall–Kier alpha value is -2.60. The molecule has 0 saturated carbocycles. The molecule has 3 rings (SSSR count). The lowest BCUT2D eigenvalue weighted by atomic mass is 10.0. The largest absolute Gasteiger partial charge is 0.486 e. The van der Waals surface area contributed by atoms with E-state index in [2.05, 4.69) is 10.1 Å². The van der Waals surface area contributed by atoms with E-state index in [0.717, 1.165) is 0 Å². The highest BCUT2D eigenvalue weighted by Crippen LogP contribution is 2.35. The highest BCUT2D eigenvalue weighted by Gasteiger charge is 2.22. The second kappa shape index (κ2) is 8.61. The molecule has 0 aromatic heterocycles. The van der Waals surface area contributed by atoms with Gasteiger partial charge in [0.05, 0.1) is 24.4 Å². The van der Waals surface area contributed by atoms with Crippen LogP contribution in [0.2, 0.25) is 5.02 Å². The predicted octanol–water partition coefficient (Wildman–Crippen LogP) is 5.30. The zero-order valence-corrected chi connectivity index (χ0v) is 16.3. The smallest absolute Gasteiger partial charge is 0.305 e. The van der Waals surface area contributed by atoms with Crippen molar-refractivity contribution in [2.45, 2.75) is 25.9 Å². The SMILES string of the molecule is COC(=O)CCC1CNc2cc(/C=C(\C)c3c(F)cccc3Cl)c(F)cc2O1. The number of esters is 1. The number of nitrogens with one attached hydrogen (secondary N) is 1. The third-order valence-electron chi connectivity index (χ3n) is 4.54. The normalized spacial score (nSPS) is 16.0. The minimum Gasteiger partial charge on any atom is -0.486 e. The molecule has 2 aromatic rings. The first-order valence-corrected chi connectivity index (χ1v) is 9.20. The standard InChI is InChI=1S/C21H20ClF2NO3/c1-12(21-15(22)4-3-5-16(21)23)8-13-9-18-19(10-17(13)24)28-14(11-25-18)6-7-20(26)27-2/h3-5,8-10,14,25H,6-7,11H2,1-2H3/b12-8+. The van der Waals surface area contributed by atoms with E-state index in [1.165, 1.54) is 25.3 Å². The molecule has 0 spiro atoms. The molecule has 7 heteroatoms. The van der Waals surface area contributed by atoms with Crippen molar-refractivity contribution in [2.75, 3.05) is 19.0 Å². The Morgan fingerprint density at radius 3 is 2.86 bits per heavy atom. The first-order valence-electron chi connectivity index (χ1n) is 8.82. The summed E-state index contributed by atoms with van der Waals surface area (Å²) < 4.78 is 39.1. The maximum atomic E-state index is 14.6. The molecule has 1 heterocycles. The molecule has 28 heavy (non-hydrogen) atoms. The van der Waals surface area contributed by atoms with Crippen LogP contribution < -0.4 is 10.1 Å². The summed E-state index contributed by atoms with van der Waals surface area (Å²) in [7, 11) is 1.33. The summed E-state index contributed by atoms with van der Waals surface area (Å²) in [5, 5.41) is 3.45. The Kier molecular flexibility index (Phi) is 6.19. The van der Waals surface area contributed by atoms with Crippen molar-refractivity contribution in [3.63, 3.8) is 0 Å². The van der Waals surface area contributed by atoms with Gasteiger partial charge in [0.2, 0.25) is 0 Å². The molecule has 1 unspecified atom stereocenters. The quantitative estimate of drug-likeness (QED) is 0.539. The Morgan fingerprint density at radius 2 is 2.14 bits per heavy atom. The van der Waals surface area contributed by atoms with Gasteiger partial charge < -0.3 is 14.8 Å². The topological polar surface area (TPSA) is 47.6 Å². The van der Waals surface area contributed by atoms with E-state index < -0.39 is 11.6 Å². The van der Waals surface area contributed by atoms with E-state index in [1.807, 2.05) is 0 Å². The van der Waals surface area contributed by atoms with E-state index in [1.54, 1.807) is 25.1 Å². The Morgan fingerprint density at radius 1 is 1.36 bits per heavy atom. The Bertz CT molecular complexity index is 910. The Balaban J connectivity index is 1.82. The molecule has 0 radical (unpaired) electrons. The minimum absolute atomic E-state index is 0.226. The third kappa shape index (κ3) is 4.44. The van der Waals surface area contributed by atoms with Crippen LogP contribution in [0.3, 0.4) is 0 Å². The second-order valence-corrected chi connectivity index (χ2v) is 6.94. The lowest BCUT2D eigenvalue weighted by Crippen LogP contribution is -2.31. The summed E-state index contributed by atoms with van der Waals surface area (Å²) in [6.07, 6.45) is 1.98. The number of rotatable bonds is 5. The van der Waals surface area contributed by atoms with Crippen LogP contribution in [0.15, 0.2) is 30.3 Å². The van der Waals surface area contributed by atoms with Crippen molar-refractivity contribution in [3.05, 3.63) is 58.1 Å². The van der Waals surface area contributed by atoms with Crippen molar-refractivity contribution in [3.8, 4) is 5.75 Å². The fraction of sp³-hybridized carbons (Fsp3) is 0.286. The molecule has 1 N–H and O–H groups in total. The first kappa shape index (κ1) is 20.1. The average Bonchev–Trinajstić information content (AvgIpc) is 2.66. The van der Waals surface area contributed by atoms with Gasteiger partial charge in [0, 0.05) is 23.6 Å². The van der Waals surface area contributed by atoms with Gasteiger partial charge in [-0.05, 0) is 43.2 Å². The average molecular weight is 408 g/mol. The molecule has 0 fully saturated rings. The number of carbonyl (C=O) groups is 1. The summed E-state index contributed by atoms with van der Waals surface area (Å²) in [4.78, 5) is 11.3. The van der Waals surface area contributed by atoms with Gasteiger partial charge in [-0.15, -0.1) is 0 Å². The van der Waals surface area contributed by atoms with Gasteiger partial charge in [-0.2, -0.15) is 0 Å².